The zero-order valence-corrected chi connectivity index (χ0v) is 12.6. The quantitative estimate of drug-likeness (QED) is 0.756. The van der Waals surface area contributed by atoms with Crippen LogP contribution in [0.4, 0.5) is 5.82 Å². The average Bonchev–Trinajstić information content (AvgIpc) is 3.09. The topological polar surface area (TPSA) is 16.1 Å². The monoisotopic (exact) mass is 298 g/mol. The summed E-state index contributed by atoms with van der Waals surface area (Å²) in [5.74, 6) is 2.38. The summed E-state index contributed by atoms with van der Waals surface area (Å²) in [5, 5.41) is 0.676. The van der Waals surface area contributed by atoms with Gasteiger partial charge in [0, 0.05) is 24.7 Å². The number of pyridine rings is 1. The second kappa shape index (κ2) is 5.88. The molecule has 4 heteroatoms. The fourth-order valence-corrected chi connectivity index (χ4v) is 4.10. The predicted octanol–water partition coefficient (Wildman–Crippen LogP) is 4.63. The van der Waals surface area contributed by atoms with E-state index in [2.05, 4.69) is 16.0 Å². The van der Waals surface area contributed by atoms with E-state index in [0.717, 1.165) is 23.8 Å². The number of nitrogens with zero attached hydrogens (tertiary/aromatic N) is 2. The van der Waals surface area contributed by atoms with E-state index in [0.29, 0.717) is 16.9 Å². The molecule has 0 bridgehead atoms. The molecule has 2 fully saturated rings. The standard InChI is InChI=1S/C15H20Cl2N2/c16-9-12-8-15(18-10-13(12)17)19-7-3-6-14(19)11-4-1-2-5-11/h8,10-11,14H,1-7,9H2. The molecule has 0 spiro atoms. The van der Waals surface area contributed by atoms with Crippen LogP contribution >= 0.6 is 23.2 Å². The Morgan fingerprint density at radius 3 is 2.74 bits per heavy atom. The van der Waals surface area contributed by atoms with Crippen molar-refractivity contribution in [3.63, 3.8) is 0 Å². The lowest BCUT2D eigenvalue weighted by molar-refractivity contribution is 0.429. The minimum absolute atomic E-state index is 0.455. The van der Waals surface area contributed by atoms with Crippen molar-refractivity contribution in [2.75, 3.05) is 11.4 Å². The largest absolute Gasteiger partial charge is 0.353 e. The van der Waals surface area contributed by atoms with E-state index in [1.54, 1.807) is 6.20 Å². The molecule has 1 aliphatic carbocycles. The van der Waals surface area contributed by atoms with Crippen molar-refractivity contribution in [2.45, 2.75) is 50.4 Å². The molecule has 1 atom stereocenters. The van der Waals surface area contributed by atoms with Crippen molar-refractivity contribution in [3.8, 4) is 0 Å². The Morgan fingerprint density at radius 2 is 2.00 bits per heavy atom. The Bertz CT molecular complexity index is 444. The molecule has 1 aromatic heterocycles. The van der Waals surface area contributed by atoms with E-state index >= 15 is 0 Å². The lowest BCUT2D eigenvalue weighted by Crippen LogP contribution is -2.35. The van der Waals surface area contributed by atoms with E-state index < -0.39 is 0 Å². The van der Waals surface area contributed by atoms with Gasteiger partial charge >= 0.3 is 0 Å². The molecule has 1 unspecified atom stereocenters. The highest BCUT2D eigenvalue weighted by molar-refractivity contribution is 6.32. The van der Waals surface area contributed by atoms with E-state index in [1.165, 1.54) is 38.5 Å². The third kappa shape index (κ3) is 2.71. The Morgan fingerprint density at radius 1 is 1.21 bits per heavy atom. The minimum Gasteiger partial charge on any atom is -0.353 e. The number of anilines is 1. The van der Waals surface area contributed by atoms with Crippen molar-refractivity contribution in [3.05, 3.63) is 22.8 Å². The average molecular weight is 299 g/mol. The van der Waals surface area contributed by atoms with Crippen LogP contribution in [0.25, 0.3) is 0 Å². The number of aromatic nitrogens is 1. The summed E-state index contributed by atoms with van der Waals surface area (Å²) in [6, 6.07) is 2.75. The van der Waals surface area contributed by atoms with E-state index in [1.807, 2.05) is 0 Å². The van der Waals surface area contributed by atoms with Crippen LogP contribution in [0.2, 0.25) is 5.02 Å². The van der Waals surface area contributed by atoms with Gasteiger partial charge < -0.3 is 4.90 Å². The number of alkyl halides is 1. The second-order valence-corrected chi connectivity index (χ2v) is 6.39. The second-order valence-electron chi connectivity index (χ2n) is 5.72. The highest BCUT2D eigenvalue weighted by atomic mass is 35.5. The summed E-state index contributed by atoms with van der Waals surface area (Å²) in [6.45, 7) is 1.12. The summed E-state index contributed by atoms with van der Waals surface area (Å²) in [4.78, 5) is 7.01. The first-order valence-electron chi connectivity index (χ1n) is 7.26. The first-order valence-corrected chi connectivity index (χ1v) is 8.18. The molecule has 1 saturated carbocycles. The summed E-state index contributed by atoms with van der Waals surface area (Å²) >= 11 is 12.0. The summed E-state index contributed by atoms with van der Waals surface area (Å²) in [6.07, 6.45) is 9.91. The molecule has 2 nitrogen and oxygen atoms in total. The van der Waals surface area contributed by atoms with Crippen LogP contribution in [-0.4, -0.2) is 17.6 Å². The third-order valence-electron chi connectivity index (χ3n) is 4.60. The third-order valence-corrected chi connectivity index (χ3v) is 5.23. The zero-order chi connectivity index (χ0) is 13.2. The fourth-order valence-electron chi connectivity index (χ4n) is 3.64. The fraction of sp³-hybridized carbons (Fsp3) is 0.667. The Hall–Kier alpha value is -0.470. The van der Waals surface area contributed by atoms with Gasteiger partial charge in [0.25, 0.3) is 0 Å². The molecule has 1 saturated heterocycles. The van der Waals surface area contributed by atoms with Crippen LogP contribution in [0.15, 0.2) is 12.3 Å². The summed E-state index contributed by atoms with van der Waals surface area (Å²) in [7, 11) is 0. The van der Waals surface area contributed by atoms with Gasteiger partial charge in [-0.25, -0.2) is 4.98 Å². The number of hydrogen-bond donors (Lipinski definition) is 0. The van der Waals surface area contributed by atoms with E-state index in [9.17, 15) is 0 Å². The molecular formula is C15H20Cl2N2. The first kappa shape index (κ1) is 13.5. The van der Waals surface area contributed by atoms with E-state index in [-0.39, 0.29) is 0 Å². The molecule has 0 radical (unpaired) electrons. The number of rotatable bonds is 3. The molecule has 0 aromatic carbocycles. The van der Waals surface area contributed by atoms with Gasteiger partial charge in [-0.05, 0) is 43.2 Å². The van der Waals surface area contributed by atoms with Gasteiger partial charge in [0.15, 0.2) is 0 Å². The highest BCUT2D eigenvalue weighted by Gasteiger charge is 2.34. The van der Waals surface area contributed by atoms with Crippen molar-refractivity contribution >= 4 is 29.0 Å². The van der Waals surface area contributed by atoms with Gasteiger partial charge in [-0.3, -0.25) is 0 Å². The smallest absolute Gasteiger partial charge is 0.129 e. The van der Waals surface area contributed by atoms with Crippen LogP contribution in [-0.2, 0) is 5.88 Å². The maximum atomic E-state index is 6.10. The molecule has 2 aliphatic rings. The Labute approximate surface area is 125 Å². The Kier molecular flexibility index (Phi) is 4.18. The van der Waals surface area contributed by atoms with Crippen molar-refractivity contribution < 1.29 is 0 Å². The molecule has 0 N–H and O–H groups in total. The molecule has 2 heterocycles. The minimum atomic E-state index is 0.455. The highest BCUT2D eigenvalue weighted by Crippen LogP contribution is 2.37. The van der Waals surface area contributed by atoms with Crippen LogP contribution in [0.5, 0.6) is 0 Å². The summed E-state index contributed by atoms with van der Waals surface area (Å²) in [5.41, 5.74) is 0.991. The molecule has 1 aromatic rings. The molecule has 19 heavy (non-hydrogen) atoms. The van der Waals surface area contributed by atoms with Gasteiger partial charge in [0.05, 0.1) is 5.02 Å². The predicted molar refractivity (Wildman–Crippen MR) is 81.1 cm³/mol. The maximum absolute atomic E-state index is 6.10. The SMILES string of the molecule is ClCc1cc(N2CCCC2C2CCCC2)ncc1Cl. The van der Waals surface area contributed by atoms with Gasteiger partial charge in [0.2, 0.25) is 0 Å². The van der Waals surface area contributed by atoms with Crippen LogP contribution in [0.1, 0.15) is 44.1 Å². The molecule has 3 rings (SSSR count). The van der Waals surface area contributed by atoms with Crippen LogP contribution in [0.3, 0.4) is 0 Å². The zero-order valence-electron chi connectivity index (χ0n) is 11.1. The molecular weight excluding hydrogens is 279 g/mol. The van der Waals surface area contributed by atoms with Gasteiger partial charge in [-0.2, -0.15) is 0 Å². The van der Waals surface area contributed by atoms with Crippen molar-refractivity contribution in [2.24, 2.45) is 5.92 Å². The van der Waals surface area contributed by atoms with Gasteiger partial charge in [-0.15, -0.1) is 11.6 Å². The first-order chi connectivity index (χ1) is 9.29. The van der Waals surface area contributed by atoms with E-state index in [4.69, 9.17) is 23.2 Å². The normalized spacial score (nSPS) is 24.3. The maximum Gasteiger partial charge on any atom is 0.129 e. The number of halogens is 2. The number of hydrogen-bond acceptors (Lipinski definition) is 2. The lowest BCUT2D eigenvalue weighted by Gasteiger charge is -2.30. The molecule has 0 amide bonds. The van der Waals surface area contributed by atoms with Gasteiger partial charge in [0.1, 0.15) is 5.82 Å². The van der Waals surface area contributed by atoms with Crippen LogP contribution < -0.4 is 4.90 Å². The van der Waals surface area contributed by atoms with Gasteiger partial charge in [-0.1, -0.05) is 24.4 Å². The molecule has 1 aliphatic heterocycles. The van der Waals surface area contributed by atoms with Crippen molar-refractivity contribution in [1.82, 2.24) is 4.98 Å². The van der Waals surface area contributed by atoms with Crippen molar-refractivity contribution in [1.29, 1.82) is 0 Å². The Balaban J connectivity index is 1.83. The lowest BCUT2D eigenvalue weighted by atomic mass is 9.96. The molecule has 104 valence electrons. The summed E-state index contributed by atoms with van der Waals surface area (Å²) < 4.78 is 0. The van der Waals surface area contributed by atoms with Crippen LogP contribution in [0, 0.1) is 5.92 Å².